The third-order valence-corrected chi connectivity index (χ3v) is 2.98. The minimum absolute atomic E-state index is 0. The Morgan fingerprint density at radius 1 is 1.80 bits per heavy atom. The summed E-state index contributed by atoms with van der Waals surface area (Å²) in [6, 6.07) is -0.654. The number of anilines is 1. The van der Waals surface area contributed by atoms with Crippen LogP contribution in [0.2, 0.25) is 0 Å². The van der Waals surface area contributed by atoms with E-state index in [-0.39, 0.29) is 29.6 Å². The van der Waals surface area contributed by atoms with Crippen molar-refractivity contribution in [3.63, 3.8) is 0 Å². The van der Waals surface area contributed by atoms with Crippen LogP contribution < -0.4 is 39.6 Å². The van der Waals surface area contributed by atoms with Crippen molar-refractivity contribution in [1.82, 2.24) is 4.98 Å². The fraction of sp³-hybridized carbons (Fsp3) is 0.500. The van der Waals surface area contributed by atoms with Crippen molar-refractivity contribution in [2.24, 2.45) is 0 Å². The van der Waals surface area contributed by atoms with Gasteiger partial charge < -0.3 is 14.8 Å². The number of carbonyl (C=O) groups is 1. The maximum Gasteiger partial charge on any atom is 1.00 e. The molecular weight excluding hydrogens is 243 g/mol. The SMILES string of the molecule is CN(c1nccs1)[C@H](CCS)C(=O)[O-].[Na+]. The molecule has 0 radical (unpaired) electrons. The summed E-state index contributed by atoms with van der Waals surface area (Å²) in [6.45, 7) is 0. The van der Waals surface area contributed by atoms with Crippen LogP contribution in [0.3, 0.4) is 0 Å². The Bertz CT molecular complexity index is 295. The molecule has 1 aromatic rings. The molecule has 4 nitrogen and oxygen atoms in total. The van der Waals surface area contributed by atoms with Crippen LogP contribution in [0.1, 0.15) is 6.42 Å². The number of nitrogens with zero attached hydrogens (tertiary/aromatic N) is 2. The minimum atomic E-state index is -1.09. The summed E-state index contributed by atoms with van der Waals surface area (Å²) in [5.41, 5.74) is 0. The molecule has 0 bridgehead atoms. The largest absolute Gasteiger partial charge is 1.00 e. The second kappa shape index (κ2) is 7.51. The Balaban J connectivity index is 0.00000196. The van der Waals surface area contributed by atoms with Gasteiger partial charge in [0, 0.05) is 18.6 Å². The summed E-state index contributed by atoms with van der Waals surface area (Å²) in [6.07, 6.45) is 2.09. The van der Waals surface area contributed by atoms with Crippen LogP contribution >= 0.6 is 24.0 Å². The van der Waals surface area contributed by atoms with E-state index in [1.54, 1.807) is 23.5 Å². The summed E-state index contributed by atoms with van der Waals surface area (Å²) in [5.74, 6) is -0.578. The van der Waals surface area contributed by atoms with E-state index < -0.39 is 12.0 Å². The van der Waals surface area contributed by atoms with E-state index in [1.807, 2.05) is 0 Å². The third-order valence-electron chi connectivity index (χ3n) is 1.86. The van der Waals surface area contributed by atoms with Crippen molar-refractivity contribution in [3.8, 4) is 0 Å². The van der Waals surface area contributed by atoms with Crippen LogP contribution in [0, 0.1) is 0 Å². The number of likely N-dealkylation sites (N-methyl/N-ethyl adjacent to an activating group) is 1. The van der Waals surface area contributed by atoms with Crippen molar-refractivity contribution in [2.75, 3.05) is 17.7 Å². The molecular formula is C8H11N2NaO2S2. The first-order chi connectivity index (χ1) is 6.66. The molecule has 0 saturated heterocycles. The number of aliphatic carboxylic acids is 1. The molecule has 1 aromatic heterocycles. The van der Waals surface area contributed by atoms with Gasteiger partial charge in [-0.1, -0.05) is 0 Å². The number of carboxylic acid groups (broad SMARTS) is 1. The molecule has 0 spiro atoms. The van der Waals surface area contributed by atoms with Gasteiger partial charge in [-0.25, -0.2) is 4.98 Å². The maximum absolute atomic E-state index is 10.8. The summed E-state index contributed by atoms with van der Waals surface area (Å²) < 4.78 is 0. The first-order valence-corrected chi connectivity index (χ1v) is 5.62. The van der Waals surface area contributed by atoms with Crippen molar-refractivity contribution in [3.05, 3.63) is 11.6 Å². The number of carbonyl (C=O) groups excluding carboxylic acids is 1. The standard InChI is InChI=1S/C8H12N2O2S2.Na/c1-10(8-9-3-5-14-8)6(2-4-13)7(11)12;/h3,5-6,13H,2,4H2,1H3,(H,11,12);/q;+1/p-1/t6-;/m1./s1. The molecule has 0 aliphatic carbocycles. The molecule has 7 heteroatoms. The molecule has 0 aliphatic heterocycles. The summed E-state index contributed by atoms with van der Waals surface area (Å²) in [7, 11) is 1.70. The Labute approximate surface area is 120 Å². The van der Waals surface area contributed by atoms with Gasteiger partial charge in [-0.2, -0.15) is 12.6 Å². The summed E-state index contributed by atoms with van der Waals surface area (Å²) in [4.78, 5) is 16.5. The van der Waals surface area contributed by atoms with Crippen LogP contribution in [0.15, 0.2) is 11.6 Å². The zero-order valence-corrected chi connectivity index (χ0v) is 12.4. The van der Waals surface area contributed by atoms with E-state index in [9.17, 15) is 9.90 Å². The van der Waals surface area contributed by atoms with Crippen LogP contribution in [0.25, 0.3) is 0 Å². The van der Waals surface area contributed by atoms with E-state index in [0.29, 0.717) is 17.3 Å². The molecule has 1 rings (SSSR count). The number of hydrogen-bond donors (Lipinski definition) is 1. The third kappa shape index (κ3) is 4.32. The van der Waals surface area contributed by atoms with Crippen molar-refractivity contribution in [1.29, 1.82) is 0 Å². The molecule has 0 saturated carbocycles. The maximum atomic E-state index is 10.8. The summed E-state index contributed by atoms with van der Waals surface area (Å²) >= 11 is 5.41. The van der Waals surface area contributed by atoms with Gasteiger partial charge in [-0.05, 0) is 12.2 Å². The van der Waals surface area contributed by atoms with Gasteiger partial charge in [-0.15, -0.1) is 11.3 Å². The number of carboxylic acids is 1. The van der Waals surface area contributed by atoms with Crippen LogP contribution in [-0.4, -0.2) is 29.8 Å². The average Bonchev–Trinajstić information content (AvgIpc) is 2.65. The Morgan fingerprint density at radius 2 is 2.47 bits per heavy atom. The van der Waals surface area contributed by atoms with E-state index in [4.69, 9.17) is 0 Å². The number of rotatable bonds is 5. The minimum Gasteiger partial charge on any atom is -0.548 e. The van der Waals surface area contributed by atoms with Crippen LogP contribution in [0.4, 0.5) is 5.13 Å². The monoisotopic (exact) mass is 254 g/mol. The molecule has 1 atom stereocenters. The Kier molecular flexibility index (Phi) is 7.64. The van der Waals surface area contributed by atoms with E-state index >= 15 is 0 Å². The molecule has 0 aliphatic rings. The van der Waals surface area contributed by atoms with E-state index in [2.05, 4.69) is 17.6 Å². The van der Waals surface area contributed by atoms with Gasteiger partial charge in [0.05, 0.1) is 12.0 Å². The van der Waals surface area contributed by atoms with E-state index in [0.717, 1.165) is 0 Å². The van der Waals surface area contributed by atoms with Crippen LogP contribution in [0.5, 0.6) is 0 Å². The van der Waals surface area contributed by atoms with Gasteiger partial charge >= 0.3 is 29.6 Å². The number of thiol groups is 1. The zero-order valence-electron chi connectivity index (χ0n) is 8.71. The fourth-order valence-corrected chi connectivity index (χ4v) is 2.02. The molecule has 0 aromatic carbocycles. The second-order valence-electron chi connectivity index (χ2n) is 2.77. The van der Waals surface area contributed by atoms with Gasteiger partial charge in [0.2, 0.25) is 0 Å². The molecule has 0 unspecified atom stereocenters. The van der Waals surface area contributed by atoms with Gasteiger partial charge in [-0.3, -0.25) is 0 Å². The first kappa shape index (κ1) is 15.2. The Morgan fingerprint density at radius 3 is 2.87 bits per heavy atom. The van der Waals surface area contributed by atoms with Crippen molar-refractivity contribution >= 4 is 35.1 Å². The predicted molar refractivity (Wildman–Crippen MR) is 57.8 cm³/mol. The van der Waals surface area contributed by atoms with Crippen LogP contribution in [-0.2, 0) is 4.79 Å². The number of thiazole rings is 1. The van der Waals surface area contributed by atoms with E-state index in [1.165, 1.54) is 11.3 Å². The molecule has 0 N–H and O–H groups in total. The smallest absolute Gasteiger partial charge is 0.548 e. The first-order valence-electron chi connectivity index (χ1n) is 4.11. The second-order valence-corrected chi connectivity index (χ2v) is 4.09. The predicted octanol–water partition coefficient (Wildman–Crippen LogP) is -2.98. The summed E-state index contributed by atoms with van der Waals surface area (Å²) in [5, 5.41) is 13.3. The van der Waals surface area contributed by atoms with Crippen molar-refractivity contribution < 1.29 is 39.5 Å². The average molecular weight is 254 g/mol. The normalized spacial score (nSPS) is 11.6. The van der Waals surface area contributed by atoms with Crippen molar-refractivity contribution in [2.45, 2.75) is 12.5 Å². The number of hydrogen-bond acceptors (Lipinski definition) is 6. The molecule has 0 fully saturated rings. The zero-order chi connectivity index (χ0) is 10.6. The molecule has 1 heterocycles. The van der Waals surface area contributed by atoms with Gasteiger partial charge in [0.15, 0.2) is 5.13 Å². The molecule has 15 heavy (non-hydrogen) atoms. The topological polar surface area (TPSA) is 56.3 Å². The van der Waals surface area contributed by atoms with Gasteiger partial charge in [0.1, 0.15) is 0 Å². The molecule has 0 amide bonds. The number of aromatic nitrogens is 1. The Hall–Kier alpha value is 0.250. The fourth-order valence-electron chi connectivity index (χ4n) is 1.12. The quantitative estimate of drug-likeness (QED) is 0.450. The molecule has 78 valence electrons. The van der Waals surface area contributed by atoms with Gasteiger partial charge in [0.25, 0.3) is 0 Å².